The first-order valence-corrected chi connectivity index (χ1v) is 12.5. The monoisotopic (exact) mass is 312 g/mol. The van der Waals surface area contributed by atoms with Gasteiger partial charge in [0.25, 0.3) is 0 Å². The molecule has 1 aromatic rings. The number of benzene rings is 1. The summed E-state index contributed by atoms with van der Waals surface area (Å²) in [6.45, 7) is 12.7. The molecule has 5 unspecified atom stereocenters. The molecule has 5 atom stereocenters. The average molecular weight is 313 g/mol. The van der Waals surface area contributed by atoms with Crippen LogP contribution in [0.5, 0.6) is 0 Å². The highest BCUT2D eigenvalue weighted by Crippen LogP contribution is 2.58. The summed E-state index contributed by atoms with van der Waals surface area (Å²) in [4.78, 5) is 0. The second-order valence-electron chi connectivity index (χ2n) is 8.62. The first-order valence-electron chi connectivity index (χ1n) is 9.21. The molecule has 1 fully saturated rings. The van der Waals surface area contributed by atoms with Crippen LogP contribution in [0.3, 0.4) is 0 Å². The second-order valence-corrected chi connectivity index (χ2v) is 13.7. The topological polar surface area (TPSA) is 0 Å². The summed E-state index contributed by atoms with van der Waals surface area (Å²) in [5.41, 5.74) is 4.05. The van der Waals surface area contributed by atoms with Gasteiger partial charge in [-0.15, -0.1) is 0 Å². The summed E-state index contributed by atoms with van der Waals surface area (Å²) in [5.74, 6) is 3.37. The van der Waals surface area contributed by atoms with Gasteiger partial charge in [0.15, 0.2) is 0 Å². The van der Waals surface area contributed by atoms with E-state index < -0.39 is 8.07 Å². The van der Waals surface area contributed by atoms with Crippen molar-refractivity contribution in [2.45, 2.75) is 64.2 Å². The van der Waals surface area contributed by atoms with Gasteiger partial charge >= 0.3 is 0 Å². The van der Waals surface area contributed by atoms with Crippen molar-refractivity contribution < 1.29 is 0 Å². The molecule has 0 saturated heterocycles. The molecule has 0 amide bonds. The third kappa shape index (κ3) is 2.73. The predicted molar refractivity (Wildman–Crippen MR) is 101 cm³/mol. The van der Waals surface area contributed by atoms with Crippen LogP contribution in [-0.4, -0.2) is 8.07 Å². The molecule has 1 saturated carbocycles. The summed E-state index contributed by atoms with van der Waals surface area (Å²) < 4.78 is 0. The van der Waals surface area contributed by atoms with E-state index in [4.69, 9.17) is 0 Å². The van der Waals surface area contributed by atoms with E-state index in [9.17, 15) is 0 Å². The van der Waals surface area contributed by atoms with Crippen LogP contribution in [0.4, 0.5) is 0 Å². The molecular formula is C21H32Si. The molecule has 2 aliphatic rings. The zero-order chi connectivity index (χ0) is 15.9. The van der Waals surface area contributed by atoms with Crippen LogP contribution in [-0.2, 0) is 0 Å². The Bertz CT molecular complexity index is 557. The Labute approximate surface area is 138 Å². The van der Waals surface area contributed by atoms with Gasteiger partial charge in [-0.05, 0) is 46.8 Å². The lowest BCUT2D eigenvalue weighted by Crippen LogP contribution is -2.39. The number of fused-ring (bicyclic) bond motifs is 3. The van der Waals surface area contributed by atoms with Crippen LogP contribution in [0.2, 0.25) is 24.7 Å². The maximum Gasteiger partial charge on any atom is 0.0516 e. The number of hydrogen-bond donors (Lipinski definition) is 0. The number of allylic oxidation sites excluding steroid dienone is 1. The maximum absolute atomic E-state index is 2.66. The molecular weight excluding hydrogens is 280 g/mol. The maximum atomic E-state index is 2.66. The average Bonchev–Trinajstić information content (AvgIpc) is 2.84. The number of hydrogen-bond acceptors (Lipinski definition) is 0. The van der Waals surface area contributed by atoms with Crippen molar-refractivity contribution in [3.05, 3.63) is 41.5 Å². The summed E-state index contributed by atoms with van der Waals surface area (Å²) in [7, 11) is -1.20. The van der Waals surface area contributed by atoms with E-state index in [1.54, 1.807) is 5.56 Å². The van der Waals surface area contributed by atoms with Gasteiger partial charge in [0.05, 0.1) is 8.07 Å². The molecule has 3 rings (SSSR count). The fraction of sp³-hybridized carbons (Fsp3) is 0.619. The first-order chi connectivity index (χ1) is 10.4. The molecule has 0 spiro atoms. The summed E-state index contributed by atoms with van der Waals surface area (Å²) >= 11 is 0. The van der Waals surface area contributed by atoms with Crippen LogP contribution >= 0.6 is 0 Å². The van der Waals surface area contributed by atoms with Crippen molar-refractivity contribution in [2.75, 3.05) is 0 Å². The quantitative estimate of drug-likeness (QED) is 0.551. The van der Waals surface area contributed by atoms with E-state index in [1.807, 2.05) is 0 Å². The Balaban J connectivity index is 1.90. The van der Waals surface area contributed by atoms with Crippen molar-refractivity contribution in [1.82, 2.24) is 0 Å². The first kappa shape index (κ1) is 16.0. The van der Waals surface area contributed by atoms with Crippen molar-refractivity contribution in [3.8, 4) is 0 Å². The van der Waals surface area contributed by atoms with Crippen LogP contribution in [0, 0.1) is 17.8 Å². The van der Waals surface area contributed by atoms with Crippen molar-refractivity contribution in [1.29, 1.82) is 0 Å². The molecule has 1 heteroatoms. The lowest BCUT2D eigenvalue weighted by molar-refractivity contribution is 0.537. The normalized spacial score (nSPS) is 31.7. The van der Waals surface area contributed by atoms with Gasteiger partial charge in [0.2, 0.25) is 0 Å². The van der Waals surface area contributed by atoms with E-state index >= 15 is 0 Å². The molecule has 1 aromatic carbocycles. The second kappa shape index (κ2) is 6.00. The summed E-state index contributed by atoms with van der Waals surface area (Å²) in [6, 6.07) is 10.6. The largest absolute Gasteiger partial charge is 0.0802 e. The Morgan fingerprint density at radius 2 is 1.95 bits per heavy atom. The molecule has 120 valence electrons. The molecule has 0 N–H and O–H groups in total. The van der Waals surface area contributed by atoms with Gasteiger partial charge in [-0.25, -0.2) is 0 Å². The highest BCUT2D eigenvalue weighted by molar-refractivity contribution is 6.79. The molecule has 0 aromatic heterocycles. The molecule has 22 heavy (non-hydrogen) atoms. The van der Waals surface area contributed by atoms with Crippen LogP contribution in [0.25, 0.3) is 6.08 Å². The smallest absolute Gasteiger partial charge is 0.0516 e. The molecule has 0 aliphatic heterocycles. The molecule has 0 nitrogen and oxygen atoms in total. The van der Waals surface area contributed by atoms with Crippen LogP contribution < -0.4 is 0 Å². The summed E-state index contributed by atoms with van der Waals surface area (Å²) in [6.07, 6.45) is 7.72. The Morgan fingerprint density at radius 1 is 1.23 bits per heavy atom. The van der Waals surface area contributed by atoms with Crippen molar-refractivity contribution in [3.63, 3.8) is 0 Å². The van der Waals surface area contributed by atoms with Crippen molar-refractivity contribution >= 4 is 14.1 Å². The minimum atomic E-state index is -1.20. The zero-order valence-electron chi connectivity index (χ0n) is 15.0. The van der Waals surface area contributed by atoms with Gasteiger partial charge < -0.3 is 0 Å². The van der Waals surface area contributed by atoms with E-state index in [2.05, 4.69) is 70.3 Å². The highest BCUT2D eigenvalue weighted by atomic mass is 28.3. The van der Waals surface area contributed by atoms with Gasteiger partial charge in [0, 0.05) is 0 Å². The Morgan fingerprint density at radius 3 is 2.68 bits per heavy atom. The van der Waals surface area contributed by atoms with E-state index in [0.29, 0.717) is 0 Å². The summed E-state index contributed by atoms with van der Waals surface area (Å²) in [5, 5.41) is 0. The molecule has 0 bridgehead atoms. The van der Waals surface area contributed by atoms with Gasteiger partial charge in [-0.2, -0.15) is 0 Å². The Kier molecular flexibility index (Phi) is 4.37. The van der Waals surface area contributed by atoms with Crippen molar-refractivity contribution in [2.24, 2.45) is 17.8 Å². The number of rotatable bonds is 4. The molecule has 0 heterocycles. The predicted octanol–water partition coefficient (Wildman–Crippen LogP) is 6.58. The van der Waals surface area contributed by atoms with Gasteiger partial charge in [-0.3, -0.25) is 0 Å². The van der Waals surface area contributed by atoms with E-state index in [0.717, 1.165) is 29.2 Å². The fourth-order valence-corrected chi connectivity index (χ4v) is 11.0. The third-order valence-electron chi connectivity index (χ3n) is 6.49. The minimum absolute atomic E-state index is 0.782. The zero-order valence-corrected chi connectivity index (χ0v) is 16.0. The highest BCUT2D eigenvalue weighted by Gasteiger charge is 2.49. The molecule has 2 aliphatic carbocycles. The minimum Gasteiger partial charge on any atom is -0.0802 e. The molecule has 0 radical (unpaired) electrons. The Hall–Kier alpha value is -0.823. The standard InChI is InChI=1S/C21H32Si/c1-6-15(2)14-22(4,5)21-16(3)13-20-18-10-8-7-9-17(18)11-12-19(20)21/h7-12,15-16,19-21H,6,13-14H2,1-5H3. The third-order valence-corrected chi connectivity index (χ3v) is 11.0. The lowest BCUT2D eigenvalue weighted by Gasteiger charge is -2.39. The van der Waals surface area contributed by atoms with Crippen LogP contribution in [0.1, 0.15) is 50.7 Å². The SMILES string of the molecule is CCC(C)C[Si](C)(C)C1C(C)CC2c3ccccc3C=CC21. The lowest BCUT2D eigenvalue weighted by atomic mass is 9.81. The van der Waals surface area contributed by atoms with E-state index in [1.165, 1.54) is 24.4 Å². The van der Waals surface area contributed by atoms with Crippen LogP contribution in [0.15, 0.2) is 30.3 Å². The van der Waals surface area contributed by atoms with Gasteiger partial charge in [0.1, 0.15) is 0 Å². The van der Waals surface area contributed by atoms with Gasteiger partial charge in [-0.1, -0.05) is 82.7 Å². The fourth-order valence-electron chi connectivity index (χ4n) is 5.61. The van der Waals surface area contributed by atoms with E-state index in [-0.39, 0.29) is 0 Å².